The number of rotatable bonds is 5. The third-order valence-corrected chi connectivity index (χ3v) is 11.3. The van der Waals surface area contributed by atoms with E-state index in [0.29, 0.717) is 17.6 Å². The topological polar surface area (TPSA) is 69.9 Å². The lowest BCUT2D eigenvalue weighted by molar-refractivity contribution is 0.546. The first-order valence-electron chi connectivity index (χ1n) is 19.3. The van der Waals surface area contributed by atoms with E-state index in [4.69, 9.17) is 23.8 Å². The third kappa shape index (κ3) is 4.94. The molecule has 0 N–H and O–H groups in total. The van der Waals surface area contributed by atoms with E-state index in [9.17, 15) is 0 Å². The van der Waals surface area contributed by atoms with Crippen LogP contribution in [0.3, 0.4) is 0 Å². The van der Waals surface area contributed by atoms with Crippen molar-refractivity contribution in [3.05, 3.63) is 175 Å². The summed E-state index contributed by atoms with van der Waals surface area (Å²) in [6.45, 7) is 0. The van der Waals surface area contributed by atoms with Gasteiger partial charge in [0.25, 0.3) is 0 Å². The maximum atomic E-state index is 6.92. The van der Waals surface area contributed by atoms with Crippen molar-refractivity contribution in [3.63, 3.8) is 0 Å². The van der Waals surface area contributed by atoms with Crippen LogP contribution in [0.15, 0.2) is 173 Å². The van der Waals surface area contributed by atoms with Crippen molar-refractivity contribution in [2.45, 2.75) is 12.8 Å². The van der Waals surface area contributed by atoms with Crippen LogP contribution in [0, 0.1) is 0 Å². The molecular weight excluding hydrogens is 701 g/mol. The number of hydrogen-bond acceptors (Lipinski definition) is 5. The molecule has 0 saturated carbocycles. The average molecular weight is 733 g/mol. The SMILES string of the molecule is C1=Cc2c(oc3cc(-c4ccccc4)cc(-c4cccc5c4oc4cccc(-c6nc(-c7ccccc7)nc(-n7c8ccccc8c8ccccc87)n6)c45)c23)CC1. The Balaban J connectivity index is 1.12. The zero-order valence-corrected chi connectivity index (χ0v) is 30.7. The molecule has 0 spiro atoms. The van der Waals surface area contributed by atoms with Crippen molar-refractivity contribution in [3.8, 4) is 51.0 Å². The smallest absolute Gasteiger partial charge is 0.238 e. The molecule has 0 unspecified atom stereocenters. The molecule has 6 heteroatoms. The normalized spacial score (nSPS) is 12.7. The predicted octanol–water partition coefficient (Wildman–Crippen LogP) is 13.2. The highest BCUT2D eigenvalue weighted by molar-refractivity contribution is 6.17. The number of allylic oxidation sites excluding steroid dienone is 1. The van der Waals surface area contributed by atoms with Gasteiger partial charge < -0.3 is 8.83 Å². The molecule has 0 saturated heterocycles. The summed E-state index contributed by atoms with van der Waals surface area (Å²) in [5.74, 6) is 2.75. The molecule has 1 aliphatic rings. The van der Waals surface area contributed by atoms with E-state index in [1.807, 2.05) is 48.5 Å². The molecule has 0 amide bonds. The quantitative estimate of drug-likeness (QED) is 0.176. The van der Waals surface area contributed by atoms with Crippen molar-refractivity contribution in [2.24, 2.45) is 0 Å². The molecule has 57 heavy (non-hydrogen) atoms. The second-order valence-electron chi connectivity index (χ2n) is 14.6. The van der Waals surface area contributed by atoms with Gasteiger partial charge in [-0.05, 0) is 53.4 Å². The monoisotopic (exact) mass is 732 g/mol. The summed E-state index contributed by atoms with van der Waals surface area (Å²) in [7, 11) is 0. The highest BCUT2D eigenvalue weighted by Gasteiger charge is 2.24. The minimum Gasteiger partial charge on any atom is -0.460 e. The highest BCUT2D eigenvalue weighted by Crippen LogP contribution is 2.46. The number of hydrogen-bond donors (Lipinski definition) is 0. The Hall–Kier alpha value is -7.57. The van der Waals surface area contributed by atoms with Crippen molar-refractivity contribution >= 4 is 60.8 Å². The standard InChI is InChI=1S/C51H32N4O2/c1-3-15-31(16-4-1)33-29-40(46-37-21-9-12-27-43(37)56-45(46)30-33)36-22-13-23-38-47-39(24-14-28-44(47)57-48(36)38)50-52-49(32-17-5-2-6-18-32)53-51(54-50)55-41-25-10-7-19-34(41)35-20-8-11-26-42(35)55/h1-11,13-26,28-30H,12,27H2. The summed E-state index contributed by atoms with van der Waals surface area (Å²) >= 11 is 0. The van der Waals surface area contributed by atoms with E-state index in [1.165, 1.54) is 0 Å². The molecule has 7 aromatic carbocycles. The second-order valence-corrected chi connectivity index (χ2v) is 14.6. The Morgan fingerprint density at radius 3 is 1.93 bits per heavy atom. The fourth-order valence-corrected chi connectivity index (χ4v) is 8.77. The van der Waals surface area contributed by atoms with E-state index in [1.54, 1.807) is 0 Å². The fraction of sp³-hybridized carbons (Fsp3) is 0.0392. The van der Waals surface area contributed by atoms with E-state index in [0.717, 1.165) is 112 Å². The Morgan fingerprint density at radius 1 is 0.474 bits per heavy atom. The Kier molecular flexibility index (Phi) is 6.95. The Morgan fingerprint density at radius 2 is 1.14 bits per heavy atom. The number of benzene rings is 7. The van der Waals surface area contributed by atoms with Crippen molar-refractivity contribution < 1.29 is 8.83 Å². The third-order valence-electron chi connectivity index (χ3n) is 11.3. The molecule has 0 radical (unpaired) electrons. The second kappa shape index (κ2) is 12.5. The molecule has 12 rings (SSSR count). The summed E-state index contributed by atoms with van der Waals surface area (Å²) in [4.78, 5) is 15.6. The molecule has 0 fully saturated rings. The number of fused-ring (bicyclic) bond motifs is 9. The molecule has 4 aromatic heterocycles. The van der Waals surface area contributed by atoms with Gasteiger partial charge in [-0.3, -0.25) is 4.57 Å². The number of aryl methyl sites for hydroxylation is 1. The van der Waals surface area contributed by atoms with Gasteiger partial charge in [0.1, 0.15) is 22.5 Å². The summed E-state index contributed by atoms with van der Waals surface area (Å²) in [6.07, 6.45) is 6.31. The fourth-order valence-electron chi connectivity index (χ4n) is 8.77. The number of nitrogens with zero attached hydrogens (tertiary/aromatic N) is 4. The molecular formula is C51H32N4O2. The van der Waals surface area contributed by atoms with Crippen LogP contribution in [0.25, 0.3) is 112 Å². The number of aromatic nitrogens is 4. The Labute approximate surface area is 327 Å². The van der Waals surface area contributed by atoms with Gasteiger partial charge in [0.2, 0.25) is 5.95 Å². The van der Waals surface area contributed by atoms with Crippen molar-refractivity contribution in [2.75, 3.05) is 0 Å². The summed E-state index contributed by atoms with van der Waals surface area (Å²) in [5, 5.41) is 5.34. The summed E-state index contributed by atoms with van der Waals surface area (Å²) < 4.78 is 15.7. The van der Waals surface area contributed by atoms with Gasteiger partial charge in [0.15, 0.2) is 11.6 Å². The van der Waals surface area contributed by atoms with E-state index in [-0.39, 0.29) is 0 Å². The molecule has 6 nitrogen and oxygen atoms in total. The molecule has 0 bridgehead atoms. The van der Waals surface area contributed by atoms with Crippen LogP contribution in [0.1, 0.15) is 17.7 Å². The van der Waals surface area contributed by atoms with Crippen LogP contribution >= 0.6 is 0 Å². The van der Waals surface area contributed by atoms with Crippen LogP contribution in [-0.4, -0.2) is 19.5 Å². The lowest BCUT2D eigenvalue weighted by atomic mass is 9.91. The van der Waals surface area contributed by atoms with Gasteiger partial charge in [-0.2, -0.15) is 9.97 Å². The zero-order valence-electron chi connectivity index (χ0n) is 30.7. The molecule has 4 heterocycles. The predicted molar refractivity (Wildman–Crippen MR) is 230 cm³/mol. The first-order chi connectivity index (χ1) is 28.3. The van der Waals surface area contributed by atoms with Crippen LogP contribution < -0.4 is 0 Å². The van der Waals surface area contributed by atoms with Gasteiger partial charge in [-0.1, -0.05) is 140 Å². The van der Waals surface area contributed by atoms with Gasteiger partial charge in [0.05, 0.1) is 11.0 Å². The molecule has 1 aliphatic carbocycles. The van der Waals surface area contributed by atoms with Gasteiger partial charge in [0, 0.05) is 55.6 Å². The van der Waals surface area contributed by atoms with Crippen LogP contribution in [0.2, 0.25) is 0 Å². The first kappa shape index (κ1) is 31.7. The van der Waals surface area contributed by atoms with Crippen LogP contribution in [-0.2, 0) is 6.42 Å². The molecule has 11 aromatic rings. The number of para-hydroxylation sites is 3. The molecule has 268 valence electrons. The largest absolute Gasteiger partial charge is 0.460 e. The lowest BCUT2D eigenvalue weighted by Gasteiger charge is -2.11. The van der Waals surface area contributed by atoms with E-state index in [2.05, 4.69) is 126 Å². The first-order valence-corrected chi connectivity index (χ1v) is 19.3. The Bertz CT molecular complexity index is 3360. The van der Waals surface area contributed by atoms with Gasteiger partial charge in [-0.25, -0.2) is 4.98 Å². The van der Waals surface area contributed by atoms with E-state index >= 15 is 0 Å². The highest BCUT2D eigenvalue weighted by atomic mass is 16.3. The summed E-state index contributed by atoms with van der Waals surface area (Å²) in [5.41, 5.74) is 11.8. The van der Waals surface area contributed by atoms with Crippen LogP contribution in [0.5, 0.6) is 0 Å². The van der Waals surface area contributed by atoms with Crippen LogP contribution in [0.4, 0.5) is 0 Å². The minimum absolute atomic E-state index is 0.555. The summed E-state index contributed by atoms with van der Waals surface area (Å²) in [6, 6.07) is 54.5. The zero-order chi connectivity index (χ0) is 37.5. The average Bonchev–Trinajstić information content (AvgIpc) is 3.96. The van der Waals surface area contributed by atoms with Gasteiger partial charge >= 0.3 is 0 Å². The molecule has 0 atom stereocenters. The van der Waals surface area contributed by atoms with Crippen molar-refractivity contribution in [1.29, 1.82) is 0 Å². The molecule has 0 aliphatic heterocycles. The maximum absolute atomic E-state index is 6.92. The van der Waals surface area contributed by atoms with E-state index < -0.39 is 0 Å². The van der Waals surface area contributed by atoms with Gasteiger partial charge in [-0.15, -0.1) is 0 Å². The van der Waals surface area contributed by atoms with Crippen molar-refractivity contribution in [1.82, 2.24) is 19.5 Å². The lowest BCUT2D eigenvalue weighted by Crippen LogP contribution is -2.06. The minimum atomic E-state index is 0.555. The maximum Gasteiger partial charge on any atom is 0.238 e. The number of furan rings is 2.